The largest absolute Gasteiger partial charge is 0.478 e. The lowest BCUT2D eigenvalue weighted by Crippen LogP contribution is -2.17. The third kappa shape index (κ3) is 3.33. The summed E-state index contributed by atoms with van der Waals surface area (Å²) < 4.78 is 0. The number of carboxylic acid groups (broad SMARTS) is 1. The van der Waals surface area contributed by atoms with Gasteiger partial charge in [-0.25, -0.2) is 9.78 Å². The minimum atomic E-state index is -1.03. The zero-order valence-electron chi connectivity index (χ0n) is 9.61. The molecule has 1 fully saturated rings. The number of pyridine rings is 1. The van der Waals surface area contributed by atoms with E-state index in [1.54, 1.807) is 0 Å². The van der Waals surface area contributed by atoms with Crippen LogP contribution in [0.15, 0.2) is 12.3 Å². The molecule has 2 rings (SSSR count). The van der Waals surface area contributed by atoms with E-state index in [4.69, 9.17) is 16.7 Å². The van der Waals surface area contributed by atoms with E-state index < -0.39 is 5.97 Å². The van der Waals surface area contributed by atoms with Crippen molar-refractivity contribution < 1.29 is 9.90 Å². The third-order valence-electron chi connectivity index (χ3n) is 2.86. The van der Waals surface area contributed by atoms with Gasteiger partial charge < -0.3 is 10.4 Å². The van der Waals surface area contributed by atoms with Crippen molar-refractivity contribution in [3.8, 4) is 0 Å². The quantitative estimate of drug-likeness (QED) is 0.848. The summed E-state index contributed by atoms with van der Waals surface area (Å²) >= 11 is 5.75. The van der Waals surface area contributed by atoms with Crippen LogP contribution in [-0.4, -0.2) is 22.1 Å². The van der Waals surface area contributed by atoms with Crippen molar-refractivity contribution in [3.05, 3.63) is 22.8 Å². The maximum absolute atomic E-state index is 10.9. The van der Waals surface area contributed by atoms with Crippen molar-refractivity contribution in [1.82, 2.24) is 4.98 Å². The summed E-state index contributed by atoms with van der Waals surface area (Å²) in [5.41, 5.74) is 0.0859. The van der Waals surface area contributed by atoms with Crippen molar-refractivity contribution in [2.24, 2.45) is 5.92 Å². The first-order chi connectivity index (χ1) is 8.06. The van der Waals surface area contributed by atoms with Crippen molar-refractivity contribution in [2.75, 3.05) is 5.32 Å². The van der Waals surface area contributed by atoms with Gasteiger partial charge in [-0.05, 0) is 25.3 Å². The Morgan fingerprint density at radius 2 is 2.41 bits per heavy atom. The molecule has 2 N–H and O–H groups in total. The molecule has 1 aromatic heterocycles. The zero-order chi connectivity index (χ0) is 12.4. The second-order valence-corrected chi connectivity index (χ2v) is 4.99. The molecule has 1 saturated carbocycles. The van der Waals surface area contributed by atoms with E-state index in [1.807, 2.05) is 0 Å². The van der Waals surface area contributed by atoms with E-state index >= 15 is 0 Å². The number of halogens is 1. The van der Waals surface area contributed by atoms with E-state index in [-0.39, 0.29) is 10.6 Å². The van der Waals surface area contributed by atoms with Crippen molar-refractivity contribution >= 4 is 23.4 Å². The molecule has 0 aromatic carbocycles. The molecule has 5 heteroatoms. The number of carbonyl (C=O) groups is 1. The Bertz CT molecular complexity index is 433. The average molecular weight is 255 g/mol. The molecule has 0 bridgehead atoms. The van der Waals surface area contributed by atoms with Gasteiger partial charge in [-0.2, -0.15) is 0 Å². The standard InChI is InChI=1S/C12H15ClN2O2/c1-7(4-8-2-3-8)15-11-5-9(12(16)17)10(13)6-14-11/h5-8H,2-4H2,1H3,(H,14,15)(H,16,17). The highest BCUT2D eigenvalue weighted by Crippen LogP contribution is 2.34. The Labute approximate surface area is 105 Å². The molecule has 0 amide bonds. The van der Waals surface area contributed by atoms with Crippen LogP contribution in [0.4, 0.5) is 5.82 Å². The molecule has 0 aliphatic heterocycles. The Balaban J connectivity index is 2.04. The number of nitrogens with one attached hydrogen (secondary N) is 1. The lowest BCUT2D eigenvalue weighted by atomic mass is 10.1. The summed E-state index contributed by atoms with van der Waals surface area (Å²) in [6.07, 6.45) is 5.09. The van der Waals surface area contributed by atoms with E-state index in [1.165, 1.54) is 25.1 Å². The van der Waals surface area contributed by atoms with E-state index in [2.05, 4.69) is 17.2 Å². The topological polar surface area (TPSA) is 62.2 Å². The molecule has 0 spiro atoms. The van der Waals surface area contributed by atoms with Gasteiger partial charge in [0.1, 0.15) is 5.82 Å². The molecular weight excluding hydrogens is 240 g/mol. The maximum Gasteiger partial charge on any atom is 0.337 e. The monoisotopic (exact) mass is 254 g/mol. The molecule has 1 aliphatic rings. The minimum Gasteiger partial charge on any atom is -0.478 e. The second kappa shape index (κ2) is 4.92. The van der Waals surface area contributed by atoms with Gasteiger partial charge in [0.25, 0.3) is 0 Å². The van der Waals surface area contributed by atoms with Gasteiger partial charge in [-0.15, -0.1) is 0 Å². The highest BCUT2D eigenvalue weighted by Gasteiger charge is 2.23. The first-order valence-corrected chi connectivity index (χ1v) is 6.09. The van der Waals surface area contributed by atoms with Crippen LogP contribution in [0, 0.1) is 5.92 Å². The maximum atomic E-state index is 10.9. The number of hydrogen-bond acceptors (Lipinski definition) is 3. The van der Waals surface area contributed by atoms with Gasteiger partial charge in [0.15, 0.2) is 0 Å². The molecule has 1 aliphatic carbocycles. The van der Waals surface area contributed by atoms with Gasteiger partial charge in [0.05, 0.1) is 10.6 Å². The predicted molar refractivity (Wildman–Crippen MR) is 66.6 cm³/mol. The first-order valence-electron chi connectivity index (χ1n) is 5.71. The van der Waals surface area contributed by atoms with E-state index in [0.717, 1.165) is 12.3 Å². The molecule has 1 atom stereocenters. The van der Waals surface area contributed by atoms with Crippen LogP contribution in [0.2, 0.25) is 5.02 Å². The first kappa shape index (κ1) is 12.2. The number of carboxylic acids is 1. The normalized spacial score (nSPS) is 16.6. The molecule has 1 aromatic rings. The summed E-state index contributed by atoms with van der Waals surface area (Å²) in [7, 11) is 0. The Kier molecular flexibility index (Phi) is 3.52. The predicted octanol–water partition coefficient (Wildman–Crippen LogP) is 3.03. The molecule has 4 nitrogen and oxygen atoms in total. The SMILES string of the molecule is CC(CC1CC1)Nc1cc(C(=O)O)c(Cl)cn1. The highest BCUT2D eigenvalue weighted by atomic mass is 35.5. The number of aromatic carboxylic acids is 1. The summed E-state index contributed by atoms with van der Waals surface area (Å²) in [6.45, 7) is 2.08. The highest BCUT2D eigenvalue weighted by molar-refractivity contribution is 6.33. The number of aromatic nitrogens is 1. The van der Waals surface area contributed by atoms with Crippen molar-refractivity contribution in [1.29, 1.82) is 0 Å². The van der Waals surface area contributed by atoms with Crippen LogP contribution in [0.3, 0.4) is 0 Å². The average Bonchev–Trinajstić information content (AvgIpc) is 3.04. The fourth-order valence-electron chi connectivity index (χ4n) is 1.85. The summed E-state index contributed by atoms with van der Waals surface area (Å²) in [6, 6.07) is 1.78. The Morgan fingerprint density at radius 1 is 1.71 bits per heavy atom. The van der Waals surface area contributed by atoms with Gasteiger partial charge >= 0.3 is 5.97 Å². The molecule has 92 valence electrons. The van der Waals surface area contributed by atoms with Gasteiger partial charge in [0.2, 0.25) is 0 Å². The lowest BCUT2D eigenvalue weighted by molar-refractivity contribution is 0.0697. The third-order valence-corrected chi connectivity index (χ3v) is 3.17. The molecular formula is C12H15ClN2O2. The fraction of sp³-hybridized carbons (Fsp3) is 0.500. The Hall–Kier alpha value is -1.29. The number of hydrogen-bond donors (Lipinski definition) is 2. The van der Waals surface area contributed by atoms with E-state index in [9.17, 15) is 4.79 Å². The number of nitrogens with zero attached hydrogens (tertiary/aromatic N) is 1. The minimum absolute atomic E-state index is 0.0859. The van der Waals surface area contributed by atoms with Crippen LogP contribution in [0.25, 0.3) is 0 Å². The van der Waals surface area contributed by atoms with Crippen LogP contribution < -0.4 is 5.32 Å². The summed E-state index contributed by atoms with van der Waals surface area (Å²) in [5.74, 6) is 0.360. The van der Waals surface area contributed by atoms with E-state index in [0.29, 0.717) is 11.9 Å². The van der Waals surface area contributed by atoms with Crippen molar-refractivity contribution in [3.63, 3.8) is 0 Å². The van der Waals surface area contributed by atoms with Crippen LogP contribution >= 0.6 is 11.6 Å². The van der Waals surface area contributed by atoms with Gasteiger partial charge in [0, 0.05) is 12.2 Å². The van der Waals surface area contributed by atoms with Crippen LogP contribution in [-0.2, 0) is 0 Å². The van der Waals surface area contributed by atoms with Crippen LogP contribution in [0.1, 0.15) is 36.5 Å². The van der Waals surface area contributed by atoms with Gasteiger partial charge in [-0.3, -0.25) is 0 Å². The molecule has 0 radical (unpaired) electrons. The molecule has 1 heterocycles. The summed E-state index contributed by atoms with van der Waals surface area (Å²) in [4.78, 5) is 15.0. The Morgan fingerprint density at radius 3 is 3.00 bits per heavy atom. The summed E-state index contributed by atoms with van der Waals surface area (Å²) in [5, 5.41) is 12.3. The fourth-order valence-corrected chi connectivity index (χ4v) is 2.03. The van der Waals surface area contributed by atoms with Crippen molar-refractivity contribution in [2.45, 2.75) is 32.2 Å². The smallest absolute Gasteiger partial charge is 0.337 e. The van der Waals surface area contributed by atoms with Gasteiger partial charge in [-0.1, -0.05) is 24.4 Å². The zero-order valence-corrected chi connectivity index (χ0v) is 10.4. The van der Waals surface area contributed by atoms with Crippen LogP contribution in [0.5, 0.6) is 0 Å². The molecule has 17 heavy (non-hydrogen) atoms. The second-order valence-electron chi connectivity index (χ2n) is 4.58. The molecule has 1 unspecified atom stereocenters. The molecule has 0 saturated heterocycles. The number of rotatable bonds is 5. The lowest BCUT2D eigenvalue weighted by Gasteiger charge is -2.14. The number of anilines is 1.